The third-order valence-corrected chi connectivity index (χ3v) is 1.89. The van der Waals surface area contributed by atoms with E-state index in [4.69, 9.17) is 17.5 Å². The largest absolute Gasteiger partial charge is 0.300 e. The van der Waals surface area contributed by atoms with Crippen molar-refractivity contribution in [3.8, 4) is 0 Å². The lowest BCUT2D eigenvalue weighted by Crippen LogP contribution is -1.98. The Morgan fingerprint density at radius 1 is 1.55 bits per heavy atom. The van der Waals surface area contributed by atoms with Crippen LogP contribution in [0.2, 0.25) is 5.02 Å². The molecule has 3 heteroatoms. The first-order chi connectivity index (χ1) is 5.24. The maximum absolute atomic E-state index is 5.85. The zero-order valence-corrected chi connectivity index (χ0v) is 7.06. The molecule has 0 amide bonds. The fraction of sp³-hybridized carbons (Fsp3) is 0.250. The second-order valence-corrected chi connectivity index (χ2v) is 2.80. The fourth-order valence-corrected chi connectivity index (χ4v) is 1.03. The monoisotopic (exact) mass is 171 g/mol. The zero-order valence-electron chi connectivity index (χ0n) is 6.30. The van der Waals surface area contributed by atoms with Gasteiger partial charge in [0.1, 0.15) is 0 Å². The van der Waals surface area contributed by atoms with E-state index in [9.17, 15) is 0 Å². The van der Waals surface area contributed by atoms with Crippen LogP contribution in [0.5, 0.6) is 0 Å². The molecule has 1 rings (SSSR count). The molecule has 0 saturated heterocycles. The highest BCUT2D eigenvalue weighted by Gasteiger charge is 1.96. The average molecular weight is 172 g/mol. The van der Waals surface area contributed by atoms with Crippen LogP contribution in [0.15, 0.2) is 18.2 Å². The van der Waals surface area contributed by atoms with Crippen molar-refractivity contribution in [2.24, 2.45) is 5.90 Å². The van der Waals surface area contributed by atoms with Crippen LogP contribution >= 0.6 is 11.6 Å². The Balaban J connectivity index is 2.86. The molecule has 1 aromatic rings. The Morgan fingerprint density at radius 2 is 2.27 bits per heavy atom. The number of rotatable bonds is 2. The van der Waals surface area contributed by atoms with Crippen LogP contribution in [0.1, 0.15) is 11.1 Å². The van der Waals surface area contributed by atoms with Gasteiger partial charge in [-0.25, -0.2) is 5.90 Å². The first kappa shape index (κ1) is 8.53. The van der Waals surface area contributed by atoms with Crippen molar-refractivity contribution in [3.05, 3.63) is 34.3 Å². The SMILES string of the molecule is Cc1ccc(CON)cc1Cl. The fourth-order valence-electron chi connectivity index (χ4n) is 0.822. The summed E-state index contributed by atoms with van der Waals surface area (Å²) in [6, 6.07) is 5.73. The van der Waals surface area contributed by atoms with Gasteiger partial charge in [0.05, 0.1) is 6.61 Å². The smallest absolute Gasteiger partial charge is 0.0930 e. The van der Waals surface area contributed by atoms with Gasteiger partial charge in [-0.2, -0.15) is 0 Å². The molecule has 0 bridgehead atoms. The van der Waals surface area contributed by atoms with E-state index in [-0.39, 0.29) is 0 Å². The highest BCUT2D eigenvalue weighted by atomic mass is 35.5. The van der Waals surface area contributed by atoms with E-state index in [2.05, 4.69) is 4.84 Å². The van der Waals surface area contributed by atoms with E-state index >= 15 is 0 Å². The molecular weight excluding hydrogens is 162 g/mol. The van der Waals surface area contributed by atoms with E-state index in [1.165, 1.54) is 0 Å². The second kappa shape index (κ2) is 3.72. The maximum atomic E-state index is 5.85. The summed E-state index contributed by atoms with van der Waals surface area (Å²) in [5, 5.41) is 0.750. The van der Waals surface area contributed by atoms with E-state index in [1.807, 2.05) is 25.1 Å². The molecule has 1 aromatic carbocycles. The summed E-state index contributed by atoms with van der Waals surface area (Å²) in [6.07, 6.45) is 0. The molecule has 60 valence electrons. The number of halogens is 1. The molecule has 2 N–H and O–H groups in total. The van der Waals surface area contributed by atoms with Crippen molar-refractivity contribution in [2.75, 3.05) is 0 Å². The standard InChI is InChI=1S/C8H10ClNO/c1-6-2-3-7(5-11-10)4-8(6)9/h2-4H,5,10H2,1H3. The predicted octanol–water partition coefficient (Wildman–Crippen LogP) is 2.04. The molecule has 0 aliphatic rings. The summed E-state index contributed by atoms with van der Waals surface area (Å²) < 4.78 is 0. The molecule has 0 spiro atoms. The van der Waals surface area contributed by atoms with E-state index in [0.29, 0.717) is 6.61 Å². The lowest BCUT2D eigenvalue weighted by molar-refractivity contribution is 0.124. The van der Waals surface area contributed by atoms with Gasteiger partial charge in [-0.3, -0.25) is 4.84 Å². The third-order valence-electron chi connectivity index (χ3n) is 1.49. The highest BCUT2D eigenvalue weighted by molar-refractivity contribution is 6.31. The molecule has 11 heavy (non-hydrogen) atoms. The molecular formula is C8H10ClNO. The van der Waals surface area contributed by atoms with Gasteiger partial charge in [-0.05, 0) is 24.1 Å². The summed E-state index contributed by atoms with van der Waals surface area (Å²) in [6.45, 7) is 2.36. The molecule has 0 heterocycles. The minimum atomic E-state index is 0.403. The van der Waals surface area contributed by atoms with Gasteiger partial charge in [0.2, 0.25) is 0 Å². The Bertz CT molecular complexity index is 250. The summed E-state index contributed by atoms with van der Waals surface area (Å²) >= 11 is 5.85. The molecule has 0 fully saturated rings. The quantitative estimate of drug-likeness (QED) is 0.692. The van der Waals surface area contributed by atoms with Gasteiger partial charge in [-0.1, -0.05) is 23.7 Å². The normalized spacial score (nSPS) is 10.1. The summed E-state index contributed by atoms with van der Waals surface area (Å²) in [5.41, 5.74) is 2.05. The molecule has 0 unspecified atom stereocenters. The molecule has 0 aliphatic heterocycles. The minimum Gasteiger partial charge on any atom is -0.300 e. The molecule has 0 aliphatic carbocycles. The maximum Gasteiger partial charge on any atom is 0.0930 e. The Labute approximate surface area is 70.9 Å². The third kappa shape index (κ3) is 2.19. The zero-order chi connectivity index (χ0) is 8.27. The Hall–Kier alpha value is -0.570. The van der Waals surface area contributed by atoms with Crippen LogP contribution in [-0.2, 0) is 11.4 Å². The number of benzene rings is 1. The van der Waals surface area contributed by atoms with Gasteiger partial charge in [-0.15, -0.1) is 0 Å². The molecule has 0 atom stereocenters. The lowest BCUT2D eigenvalue weighted by Gasteiger charge is -2.01. The number of hydrogen-bond donors (Lipinski definition) is 1. The molecule has 0 aromatic heterocycles. The van der Waals surface area contributed by atoms with Gasteiger partial charge in [0.25, 0.3) is 0 Å². The Kier molecular flexibility index (Phi) is 2.88. The first-order valence-corrected chi connectivity index (χ1v) is 3.68. The van der Waals surface area contributed by atoms with Gasteiger partial charge < -0.3 is 0 Å². The summed E-state index contributed by atoms with van der Waals surface area (Å²) in [5.74, 6) is 4.91. The number of aryl methyl sites for hydroxylation is 1. The number of hydrogen-bond acceptors (Lipinski definition) is 2. The van der Waals surface area contributed by atoms with E-state index in [1.54, 1.807) is 0 Å². The van der Waals surface area contributed by atoms with Crippen LogP contribution in [0.3, 0.4) is 0 Å². The van der Waals surface area contributed by atoms with Gasteiger partial charge in [0.15, 0.2) is 0 Å². The van der Waals surface area contributed by atoms with Crippen molar-refractivity contribution in [1.82, 2.24) is 0 Å². The molecule has 0 saturated carbocycles. The second-order valence-electron chi connectivity index (χ2n) is 2.39. The predicted molar refractivity (Wildman–Crippen MR) is 45.2 cm³/mol. The van der Waals surface area contributed by atoms with Crippen molar-refractivity contribution in [3.63, 3.8) is 0 Å². The average Bonchev–Trinajstić information content (AvgIpc) is 1.98. The van der Waals surface area contributed by atoms with Gasteiger partial charge >= 0.3 is 0 Å². The highest BCUT2D eigenvalue weighted by Crippen LogP contribution is 2.16. The minimum absolute atomic E-state index is 0.403. The lowest BCUT2D eigenvalue weighted by atomic mass is 10.2. The van der Waals surface area contributed by atoms with E-state index in [0.717, 1.165) is 16.1 Å². The van der Waals surface area contributed by atoms with Gasteiger partial charge in [0, 0.05) is 5.02 Å². The van der Waals surface area contributed by atoms with Crippen LogP contribution in [-0.4, -0.2) is 0 Å². The van der Waals surface area contributed by atoms with Crippen LogP contribution in [0.4, 0.5) is 0 Å². The summed E-state index contributed by atoms with van der Waals surface area (Å²) in [7, 11) is 0. The van der Waals surface area contributed by atoms with Crippen molar-refractivity contribution in [2.45, 2.75) is 13.5 Å². The van der Waals surface area contributed by atoms with Crippen molar-refractivity contribution < 1.29 is 4.84 Å². The summed E-state index contributed by atoms with van der Waals surface area (Å²) in [4.78, 5) is 4.46. The first-order valence-electron chi connectivity index (χ1n) is 3.30. The molecule has 0 radical (unpaired) electrons. The Morgan fingerprint density at radius 3 is 2.82 bits per heavy atom. The van der Waals surface area contributed by atoms with Crippen molar-refractivity contribution >= 4 is 11.6 Å². The van der Waals surface area contributed by atoms with Crippen LogP contribution in [0, 0.1) is 6.92 Å². The van der Waals surface area contributed by atoms with Crippen LogP contribution in [0.25, 0.3) is 0 Å². The van der Waals surface area contributed by atoms with Crippen molar-refractivity contribution in [1.29, 1.82) is 0 Å². The molecule has 2 nitrogen and oxygen atoms in total. The number of nitrogens with two attached hydrogens (primary N) is 1. The van der Waals surface area contributed by atoms with E-state index < -0.39 is 0 Å². The van der Waals surface area contributed by atoms with Crippen LogP contribution < -0.4 is 5.90 Å². The topological polar surface area (TPSA) is 35.2 Å².